The maximum Gasteiger partial charge on any atom is 0.0692 e. The van der Waals surface area contributed by atoms with Crippen LogP contribution >= 0.6 is 0 Å². The number of nitrogens with zero attached hydrogens (tertiary/aromatic N) is 1. The third-order valence-electron chi connectivity index (χ3n) is 4.51. The Bertz CT molecular complexity index is 602. The highest BCUT2D eigenvalue weighted by Crippen LogP contribution is 2.40. The third kappa shape index (κ3) is 1.99. The summed E-state index contributed by atoms with van der Waals surface area (Å²) >= 11 is 0. The lowest BCUT2D eigenvalue weighted by atomic mass is 9.77. The van der Waals surface area contributed by atoms with Crippen molar-refractivity contribution in [1.29, 1.82) is 0 Å². The molecule has 0 aromatic heterocycles. The molecule has 0 saturated heterocycles. The Labute approximate surface area is 121 Å². The Kier molecular flexibility index (Phi) is 3.45. The van der Waals surface area contributed by atoms with Gasteiger partial charge in [-0.1, -0.05) is 60.7 Å². The standard InChI is InChI=1S/C19H21N/c1-3-14-20-15-13-16-9-7-8-12-18(16)19(20,2)17-10-5-4-6-11-17/h3-12H,1,13-15H2,2H3. The lowest BCUT2D eigenvalue weighted by Gasteiger charge is -2.46. The van der Waals surface area contributed by atoms with Crippen molar-refractivity contribution in [3.05, 3.63) is 83.9 Å². The molecule has 2 aromatic carbocycles. The summed E-state index contributed by atoms with van der Waals surface area (Å²) in [6.45, 7) is 8.26. The van der Waals surface area contributed by atoms with Crippen molar-refractivity contribution in [3.63, 3.8) is 0 Å². The van der Waals surface area contributed by atoms with Gasteiger partial charge in [0, 0.05) is 13.1 Å². The number of hydrogen-bond acceptors (Lipinski definition) is 1. The highest BCUT2D eigenvalue weighted by Gasteiger charge is 2.38. The molecule has 1 nitrogen and oxygen atoms in total. The average Bonchev–Trinajstić information content (AvgIpc) is 2.51. The van der Waals surface area contributed by atoms with Crippen molar-refractivity contribution < 1.29 is 0 Å². The first-order chi connectivity index (χ1) is 9.76. The molecule has 1 heterocycles. The molecule has 0 amide bonds. The summed E-state index contributed by atoms with van der Waals surface area (Å²) in [6.07, 6.45) is 3.13. The highest BCUT2D eigenvalue weighted by molar-refractivity contribution is 5.44. The molecule has 102 valence electrons. The van der Waals surface area contributed by atoms with Gasteiger partial charge in [0.25, 0.3) is 0 Å². The molecule has 2 aromatic rings. The fourth-order valence-electron chi connectivity index (χ4n) is 3.39. The highest BCUT2D eigenvalue weighted by atomic mass is 15.2. The molecule has 0 spiro atoms. The molecule has 1 unspecified atom stereocenters. The summed E-state index contributed by atoms with van der Waals surface area (Å²) in [5.41, 5.74) is 4.19. The summed E-state index contributed by atoms with van der Waals surface area (Å²) in [7, 11) is 0. The molecule has 0 saturated carbocycles. The second-order valence-corrected chi connectivity index (χ2v) is 5.58. The van der Waals surface area contributed by atoms with Crippen molar-refractivity contribution in [3.8, 4) is 0 Å². The van der Waals surface area contributed by atoms with E-state index in [1.54, 1.807) is 0 Å². The minimum Gasteiger partial charge on any atom is -0.286 e. The fourth-order valence-corrected chi connectivity index (χ4v) is 3.39. The van der Waals surface area contributed by atoms with Gasteiger partial charge in [0.15, 0.2) is 0 Å². The summed E-state index contributed by atoms with van der Waals surface area (Å²) < 4.78 is 0. The van der Waals surface area contributed by atoms with Gasteiger partial charge in [-0.3, -0.25) is 4.90 Å². The fraction of sp³-hybridized carbons (Fsp3) is 0.263. The maximum atomic E-state index is 3.93. The normalized spacial score (nSPS) is 22.2. The van der Waals surface area contributed by atoms with Crippen LogP contribution in [0.5, 0.6) is 0 Å². The Hall–Kier alpha value is -1.86. The Morgan fingerprint density at radius 3 is 2.55 bits per heavy atom. The first kappa shape index (κ1) is 13.1. The molecule has 0 fully saturated rings. The molecule has 1 atom stereocenters. The Morgan fingerprint density at radius 1 is 1.10 bits per heavy atom. The number of fused-ring (bicyclic) bond motifs is 1. The van der Waals surface area contributed by atoms with Crippen LogP contribution in [-0.4, -0.2) is 18.0 Å². The van der Waals surface area contributed by atoms with E-state index < -0.39 is 0 Å². The minimum atomic E-state index is -0.0652. The predicted octanol–water partition coefficient (Wildman–Crippen LogP) is 3.99. The van der Waals surface area contributed by atoms with Gasteiger partial charge in [-0.05, 0) is 30.0 Å². The summed E-state index contributed by atoms with van der Waals surface area (Å²) in [4.78, 5) is 2.53. The van der Waals surface area contributed by atoms with Gasteiger partial charge < -0.3 is 0 Å². The molecular formula is C19H21N. The number of rotatable bonds is 3. The van der Waals surface area contributed by atoms with E-state index in [1.165, 1.54) is 16.7 Å². The maximum absolute atomic E-state index is 3.93. The average molecular weight is 263 g/mol. The molecule has 0 radical (unpaired) electrons. The van der Waals surface area contributed by atoms with Crippen molar-refractivity contribution in [2.24, 2.45) is 0 Å². The van der Waals surface area contributed by atoms with Crippen LogP contribution in [0.25, 0.3) is 0 Å². The third-order valence-corrected chi connectivity index (χ3v) is 4.51. The van der Waals surface area contributed by atoms with E-state index in [4.69, 9.17) is 0 Å². The van der Waals surface area contributed by atoms with E-state index in [1.807, 2.05) is 6.08 Å². The van der Waals surface area contributed by atoms with Gasteiger partial charge in [0.05, 0.1) is 5.54 Å². The van der Waals surface area contributed by atoms with Crippen LogP contribution < -0.4 is 0 Å². The minimum absolute atomic E-state index is 0.0652. The molecule has 1 aliphatic rings. The lowest BCUT2D eigenvalue weighted by molar-refractivity contribution is 0.143. The van der Waals surface area contributed by atoms with Crippen molar-refractivity contribution in [2.75, 3.05) is 13.1 Å². The molecule has 1 aliphatic heterocycles. The van der Waals surface area contributed by atoms with Crippen LogP contribution in [0.15, 0.2) is 67.3 Å². The van der Waals surface area contributed by atoms with E-state index in [9.17, 15) is 0 Å². The summed E-state index contributed by atoms with van der Waals surface area (Å²) in [5, 5.41) is 0. The summed E-state index contributed by atoms with van der Waals surface area (Å²) in [5.74, 6) is 0. The molecule has 1 heteroatoms. The van der Waals surface area contributed by atoms with Crippen LogP contribution in [0.2, 0.25) is 0 Å². The second kappa shape index (κ2) is 5.26. The zero-order valence-electron chi connectivity index (χ0n) is 12.0. The molecule has 20 heavy (non-hydrogen) atoms. The molecule has 0 N–H and O–H groups in total. The van der Waals surface area contributed by atoms with Gasteiger partial charge in [-0.2, -0.15) is 0 Å². The van der Waals surface area contributed by atoms with Crippen LogP contribution in [-0.2, 0) is 12.0 Å². The number of hydrogen-bond donors (Lipinski definition) is 0. The van der Waals surface area contributed by atoms with Crippen LogP contribution in [0.4, 0.5) is 0 Å². The smallest absolute Gasteiger partial charge is 0.0692 e. The lowest BCUT2D eigenvalue weighted by Crippen LogP contribution is -2.49. The van der Waals surface area contributed by atoms with Gasteiger partial charge in [0.1, 0.15) is 0 Å². The quantitative estimate of drug-likeness (QED) is 0.757. The van der Waals surface area contributed by atoms with E-state index in [-0.39, 0.29) is 5.54 Å². The van der Waals surface area contributed by atoms with Gasteiger partial charge >= 0.3 is 0 Å². The van der Waals surface area contributed by atoms with Crippen molar-refractivity contribution in [2.45, 2.75) is 18.9 Å². The van der Waals surface area contributed by atoms with Crippen molar-refractivity contribution in [1.82, 2.24) is 4.90 Å². The predicted molar refractivity (Wildman–Crippen MR) is 84.8 cm³/mol. The Morgan fingerprint density at radius 2 is 1.80 bits per heavy atom. The Balaban J connectivity index is 2.18. The van der Waals surface area contributed by atoms with Gasteiger partial charge in [-0.15, -0.1) is 6.58 Å². The molecule has 3 rings (SSSR count). The summed E-state index contributed by atoms with van der Waals surface area (Å²) in [6, 6.07) is 19.6. The zero-order chi connectivity index (χ0) is 14.0. The molecule has 0 bridgehead atoms. The van der Waals surface area contributed by atoms with E-state index in [0.717, 1.165) is 19.5 Å². The van der Waals surface area contributed by atoms with E-state index >= 15 is 0 Å². The SMILES string of the molecule is C=CCN1CCc2ccccc2C1(C)c1ccccc1. The van der Waals surface area contributed by atoms with Crippen LogP contribution in [0.3, 0.4) is 0 Å². The van der Waals surface area contributed by atoms with E-state index in [2.05, 4.69) is 73.0 Å². The van der Waals surface area contributed by atoms with Gasteiger partial charge in [-0.25, -0.2) is 0 Å². The molecular weight excluding hydrogens is 242 g/mol. The monoisotopic (exact) mass is 263 g/mol. The van der Waals surface area contributed by atoms with Crippen LogP contribution in [0.1, 0.15) is 23.6 Å². The zero-order valence-corrected chi connectivity index (χ0v) is 12.0. The van der Waals surface area contributed by atoms with E-state index in [0.29, 0.717) is 0 Å². The first-order valence-electron chi connectivity index (χ1n) is 7.26. The van der Waals surface area contributed by atoms with Crippen LogP contribution in [0, 0.1) is 0 Å². The largest absolute Gasteiger partial charge is 0.286 e. The topological polar surface area (TPSA) is 3.24 Å². The molecule has 0 aliphatic carbocycles. The van der Waals surface area contributed by atoms with Gasteiger partial charge in [0.2, 0.25) is 0 Å². The second-order valence-electron chi connectivity index (χ2n) is 5.58. The number of benzene rings is 2. The van der Waals surface area contributed by atoms with Crippen molar-refractivity contribution >= 4 is 0 Å². The first-order valence-corrected chi connectivity index (χ1v) is 7.26.